The van der Waals surface area contributed by atoms with Gasteiger partial charge < -0.3 is 34.0 Å². The highest BCUT2D eigenvalue weighted by atomic mass is 127. The number of halogens is 1. The SMILES string of the molecule is CN1/C(=C/C=C(/C=C/c2sc3ccccc3[n+]2C)CCCO)Sc2ccccc21.[I-]. The van der Waals surface area contributed by atoms with Crippen LogP contribution < -0.4 is 33.4 Å². The third-order valence-corrected chi connectivity index (χ3v) is 7.42. The molecule has 1 aliphatic rings. The van der Waals surface area contributed by atoms with Gasteiger partial charge in [-0.05, 0) is 42.7 Å². The van der Waals surface area contributed by atoms with Crippen LogP contribution in [0.15, 0.2) is 82.3 Å². The maximum absolute atomic E-state index is 9.30. The van der Waals surface area contributed by atoms with Gasteiger partial charge in [0.2, 0.25) is 5.52 Å². The van der Waals surface area contributed by atoms with Crippen molar-refractivity contribution in [3.05, 3.63) is 82.4 Å². The van der Waals surface area contributed by atoms with Crippen LogP contribution in [0.5, 0.6) is 0 Å². The number of anilines is 1. The van der Waals surface area contributed by atoms with Crippen LogP contribution in [0.4, 0.5) is 5.69 Å². The number of aryl methyl sites for hydroxylation is 1. The van der Waals surface area contributed by atoms with Gasteiger partial charge in [-0.15, -0.1) is 0 Å². The monoisotopic (exact) mass is 548 g/mol. The number of allylic oxidation sites excluding steroid dienone is 4. The van der Waals surface area contributed by atoms with Gasteiger partial charge in [-0.3, -0.25) is 0 Å². The molecule has 30 heavy (non-hydrogen) atoms. The molecular formula is C24H25IN2OS2. The number of thiazole rings is 1. The van der Waals surface area contributed by atoms with Crippen molar-refractivity contribution in [3.8, 4) is 0 Å². The second kappa shape index (κ2) is 10.6. The Morgan fingerprint density at radius 1 is 1.13 bits per heavy atom. The van der Waals surface area contributed by atoms with Gasteiger partial charge in [0.1, 0.15) is 11.7 Å². The van der Waals surface area contributed by atoms with E-state index >= 15 is 0 Å². The summed E-state index contributed by atoms with van der Waals surface area (Å²) in [4.78, 5) is 3.52. The molecule has 0 aliphatic carbocycles. The molecule has 3 nitrogen and oxygen atoms in total. The van der Waals surface area contributed by atoms with E-state index in [0.717, 1.165) is 12.8 Å². The maximum atomic E-state index is 9.30. The molecule has 0 bridgehead atoms. The summed E-state index contributed by atoms with van der Waals surface area (Å²) in [6.45, 7) is 0.207. The van der Waals surface area contributed by atoms with Crippen molar-refractivity contribution < 1.29 is 33.7 Å². The fraction of sp³-hybridized carbons (Fsp3) is 0.208. The predicted octanol–water partition coefficient (Wildman–Crippen LogP) is 2.53. The molecule has 1 aromatic heterocycles. The van der Waals surface area contributed by atoms with Gasteiger partial charge in [0.15, 0.2) is 0 Å². The number of rotatable bonds is 6. The normalized spacial score (nSPS) is 15.2. The van der Waals surface area contributed by atoms with Crippen molar-refractivity contribution in [2.45, 2.75) is 17.7 Å². The average Bonchev–Trinajstić information content (AvgIpc) is 3.25. The Morgan fingerprint density at radius 2 is 1.90 bits per heavy atom. The van der Waals surface area contributed by atoms with E-state index in [1.54, 1.807) is 23.1 Å². The number of aliphatic hydroxyl groups is 1. The second-order valence-electron chi connectivity index (χ2n) is 7.00. The highest BCUT2D eigenvalue weighted by molar-refractivity contribution is 8.03. The van der Waals surface area contributed by atoms with E-state index in [-0.39, 0.29) is 30.6 Å². The third kappa shape index (κ3) is 4.99. The minimum Gasteiger partial charge on any atom is -1.00 e. The first kappa shape index (κ1) is 23.1. The lowest BCUT2D eigenvalue weighted by Gasteiger charge is -2.12. The van der Waals surface area contributed by atoms with Gasteiger partial charge in [0.05, 0.1) is 10.7 Å². The van der Waals surface area contributed by atoms with E-state index in [2.05, 4.69) is 96.4 Å². The zero-order valence-corrected chi connectivity index (χ0v) is 20.9. The number of benzene rings is 2. The number of aliphatic hydroxyl groups excluding tert-OH is 1. The lowest BCUT2D eigenvalue weighted by Crippen LogP contribution is -3.00. The summed E-state index contributed by atoms with van der Waals surface area (Å²) in [7, 11) is 4.22. The number of fused-ring (bicyclic) bond motifs is 2. The summed E-state index contributed by atoms with van der Waals surface area (Å²) in [5, 5.41) is 11.7. The third-order valence-electron chi connectivity index (χ3n) is 5.05. The van der Waals surface area contributed by atoms with Crippen LogP contribution in [0, 0.1) is 0 Å². The molecule has 0 saturated carbocycles. The molecule has 3 aromatic rings. The molecule has 0 spiro atoms. The summed E-state index contributed by atoms with van der Waals surface area (Å²) in [6.07, 6.45) is 10.4. The van der Waals surface area contributed by atoms with Crippen LogP contribution in [-0.4, -0.2) is 18.8 Å². The number of hydrogen-bond donors (Lipinski definition) is 1. The van der Waals surface area contributed by atoms with E-state index < -0.39 is 0 Å². The molecule has 6 heteroatoms. The largest absolute Gasteiger partial charge is 1.00 e. The smallest absolute Gasteiger partial charge is 0.262 e. The first-order chi connectivity index (χ1) is 14.2. The minimum atomic E-state index is 0. The van der Waals surface area contributed by atoms with E-state index in [1.807, 2.05) is 0 Å². The molecule has 1 aliphatic heterocycles. The minimum absolute atomic E-state index is 0. The van der Waals surface area contributed by atoms with Crippen LogP contribution in [0.1, 0.15) is 17.8 Å². The van der Waals surface area contributed by atoms with E-state index in [0.29, 0.717) is 0 Å². The summed E-state index contributed by atoms with van der Waals surface area (Å²) >= 11 is 3.59. The molecule has 0 fully saturated rings. The zero-order valence-electron chi connectivity index (χ0n) is 17.1. The molecule has 0 atom stereocenters. The number of para-hydroxylation sites is 2. The Hall–Kier alpha value is -1.61. The standard InChI is InChI=1S/C24H25N2OS2.HI/c1-25-19-9-3-5-11-21(19)28-23(25)15-13-18(8-7-17-27)14-16-24-26(2)20-10-4-6-12-22(20)29-24;/h3-6,9-16,27H,7-8,17H2,1-2H3;1H/q+1;/p-1. The molecule has 2 aromatic carbocycles. The van der Waals surface area contributed by atoms with Crippen molar-refractivity contribution >= 4 is 45.1 Å². The number of hydrogen-bond acceptors (Lipinski definition) is 4. The van der Waals surface area contributed by atoms with E-state index in [4.69, 9.17) is 0 Å². The zero-order chi connectivity index (χ0) is 20.2. The fourth-order valence-electron chi connectivity index (χ4n) is 3.39. The summed E-state index contributed by atoms with van der Waals surface area (Å²) in [5.41, 5.74) is 3.72. The summed E-state index contributed by atoms with van der Waals surface area (Å²) in [5.74, 6) is 0. The molecule has 0 saturated heterocycles. The molecule has 2 heterocycles. The highest BCUT2D eigenvalue weighted by Crippen LogP contribution is 2.44. The van der Waals surface area contributed by atoms with Gasteiger partial charge >= 0.3 is 0 Å². The second-order valence-corrected chi connectivity index (χ2v) is 9.13. The van der Waals surface area contributed by atoms with Crippen LogP contribution in [0.25, 0.3) is 16.3 Å². The predicted molar refractivity (Wildman–Crippen MR) is 125 cm³/mol. The maximum Gasteiger partial charge on any atom is 0.262 e. The number of thioether (sulfide) groups is 1. The summed E-state index contributed by atoms with van der Waals surface area (Å²) < 4.78 is 3.52. The Morgan fingerprint density at radius 3 is 2.67 bits per heavy atom. The molecule has 156 valence electrons. The molecule has 0 radical (unpaired) electrons. The van der Waals surface area contributed by atoms with Gasteiger partial charge in [-0.1, -0.05) is 59.5 Å². The van der Waals surface area contributed by atoms with Crippen molar-refractivity contribution in [1.29, 1.82) is 0 Å². The van der Waals surface area contributed by atoms with Gasteiger partial charge in [0.25, 0.3) is 5.01 Å². The van der Waals surface area contributed by atoms with Crippen molar-refractivity contribution in [2.75, 3.05) is 18.6 Å². The van der Waals surface area contributed by atoms with Crippen LogP contribution >= 0.6 is 23.1 Å². The van der Waals surface area contributed by atoms with Crippen molar-refractivity contribution in [3.63, 3.8) is 0 Å². The van der Waals surface area contributed by atoms with Gasteiger partial charge in [-0.25, -0.2) is 0 Å². The highest BCUT2D eigenvalue weighted by Gasteiger charge is 2.20. The Bertz CT molecular complexity index is 1120. The first-order valence-corrected chi connectivity index (χ1v) is 11.4. The molecular weight excluding hydrogens is 523 g/mol. The Kier molecular flexibility index (Phi) is 8.16. The number of aromatic nitrogens is 1. The molecule has 1 N–H and O–H groups in total. The van der Waals surface area contributed by atoms with Crippen LogP contribution in [0.3, 0.4) is 0 Å². The molecule has 4 rings (SSSR count). The van der Waals surface area contributed by atoms with Gasteiger partial charge in [-0.2, -0.15) is 4.57 Å². The lowest BCUT2D eigenvalue weighted by atomic mass is 10.1. The van der Waals surface area contributed by atoms with Crippen molar-refractivity contribution in [1.82, 2.24) is 0 Å². The van der Waals surface area contributed by atoms with Crippen LogP contribution in [0.2, 0.25) is 0 Å². The molecule has 0 amide bonds. The first-order valence-electron chi connectivity index (χ1n) is 9.75. The Labute approximate surface area is 203 Å². The lowest BCUT2D eigenvalue weighted by molar-refractivity contribution is -0.642. The quantitative estimate of drug-likeness (QED) is 0.292. The van der Waals surface area contributed by atoms with Gasteiger partial charge in [0, 0.05) is 30.7 Å². The van der Waals surface area contributed by atoms with Crippen molar-refractivity contribution in [2.24, 2.45) is 7.05 Å². The number of nitrogens with zero attached hydrogens (tertiary/aromatic N) is 2. The Balaban J connectivity index is 0.00000256. The van der Waals surface area contributed by atoms with Crippen LogP contribution in [-0.2, 0) is 7.05 Å². The topological polar surface area (TPSA) is 27.4 Å². The summed E-state index contributed by atoms with van der Waals surface area (Å²) in [6, 6.07) is 17.0. The average molecular weight is 549 g/mol. The van der Waals surface area contributed by atoms with E-state index in [9.17, 15) is 5.11 Å². The molecule has 0 unspecified atom stereocenters. The van der Waals surface area contributed by atoms with E-state index in [1.165, 1.54) is 36.4 Å². The fourth-order valence-corrected chi connectivity index (χ4v) is 5.50.